The quantitative estimate of drug-likeness (QED) is 0.761. The zero-order chi connectivity index (χ0) is 12.8. The van der Waals surface area contributed by atoms with Crippen LogP contribution in [0.5, 0.6) is 5.75 Å². The molecule has 1 aromatic carbocycles. The van der Waals surface area contributed by atoms with Gasteiger partial charge < -0.3 is 14.9 Å². The number of benzene rings is 1. The molecule has 0 aromatic heterocycles. The fourth-order valence-electron chi connectivity index (χ4n) is 1.47. The summed E-state index contributed by atoms with van der Waals surface area (Å²) in [6.45, 7) is 1.91. The summed E-state index contributed by atoms with van der Waals surface area (Å²) in [5, 5.41) is 18.2. The van der Waals surface area contributed by atoms with E-state index in [1.54, 1.807) is 6.92 Å². The Morgan fingerprint density at radius 3 is 2.65 bits per heavy atom. The van der Waals surface area contributed by atoms with E-state index in [9.17, 15) is 14.7 Å². The van der Waals surface area contributed by atoms with Gasteiger partial charge in [0.1, 0.15) is 5.75 Å². The summed E-state index contributed by atoms with van der Waals surface area (Å²) in [5.74, 6) is -1.62. The van der Waals surface area contributed by atoms with Crippen LogP contribution in [-0.2, 0) is 16.0 Å². The molecule has 0 aliphatic carbocycles. The van der Waals surface area contributed by atoms with Crippen molar-refractivity contribution in [1.29, 1.82) is 0 Å². The molecule has 5 heteroatoms. The SMILES string of the molecule is CCOC(=O)c1cccc(O)c1CCC(=O)O. The number of rotatable bonds is 5. The van der Waals surface area contributed by atoms with E-state index in [4.69, 9.17) is 9.84 Å². The highest BCUT2D eigenvalue weighted by atomic mass is 16.5. The molecule has 0 saturated heterocycles. The third-order valence-electron chi connectivity index (χ3n) is 2.24. The molecule has 0 atom stereocenters. The lowest BCUT2D eigenvalue weighted by atomic mass is 10.0. The largest absolute Gasteiger partial charge is 0.508 e. The molecule has 0 fully saturated rings. The maximum Gasteiger partial charge on any atom is 0.338 e. The zero-order valence-corrected chi connectivity index (χ0v) is 9.47. The van der Waals surface area contributed by atoms with Gasteiger partial charge in [0.25, 0.3) is 0 Å². The smallest absolute Gasteiger partial charge is 0.338 e. The standard InChI is InChI=1S/C12H14O5/c1-2-17-12(16)9-4-3-5-10(13)8(9)6-7-11(14)15/h3-5,13H,2,6-7H2,1H3,(H,14,15). The summed E-state index contributed by atoms with van der Waals surface area (Å²) >= 11 is 0. The van der Waals surface area contributed by atoms with Gasteiger partial charge in [-0.15, -0.1) is 0 Å². The minimum atomic E-state index is -0.983. The van der Waals surface area contributed by atoms with Crippen LogP contribution in [0.2, 0.25) is 0 Å². The summed E-state index contributed by atoms with van der Waals surface area (Å²) < 4.78 is 4.83. The van der Waals surface area contributed by atoms with Crippen LogP contribution in [0.25, 0.3) is 0 Å². The first-order chi connectivity index (χ1) is 8.06. The third kappa shape index (κ3) is 3.48. The molecule has 0 radical (unpaired) electrons. The molecule has 0 amide bonds. The number of phenols is 1. The normalized spacial score (nSPS) is 9.94. The first-order valence-electron chi connectivity index (χ1n) is 5.26. The van der Waals surface area contributed by atoms with E-state index in [1.807, 2.05) is 0 Å². The van der Waals surface area contributed by atoms with Crippen LogP contribution < -0.4 is 0 Å². The molecular weight excluding hydrogens is 224 g/mol. The van der Waals surface area contributed by atoms with Crippen molar-refractivity contribution in [1.82, 2.24) is 0 Å². The van der Waals surface area contributed by atoms with E-state index in [1.165, 1.54) is 18.2 Å². The topological polar surface area (TPSA) is 83.8 Å². The van der Waals surface area contributed by atoms with Crippen molar-refractivity contribution in [3.63, 3.8) is 0 Å². The second-order valence-corrected chi connectivity index (χ2v) is 3.42. The molecule has 1 aromatic rings. The predicted molar refractivity (Wildman–Crippen MR) is 60.0 cm³/mol. The number of carboxylic acids is 1. The van der Waals surface area contributed by atoms with E-state index < -0.39 is 11.9 Å². The van der Waals surface area contributed by atoms with E-state index >= 15 is 0 Å². The van der Waals surface area contributed by atoms with Crippen molar-refractivity contribution in [2.75, 3.05) is 6.61 Å². The first kappa shape index (κ1) is 13.0. The van der Waals surface area contributed by atoms with Crippen molar-refractivity contribution >= 4 is 11.9 Å². The third-order valence-corrected chi connectivity index (χ3v) is 2.24. The molecule has 0 bridgehead atoms. The van der Waals surface area contributed by atoms with Gasteiger partial charge in [0.05, 0.1) is 12.2 Å². The Kier molecular flexibility index (Phi) is 4.51. The molecule has 0 aliphatic heterocycles. The lowest BCUT2D eigenvalue weighted by Crippen LogP contribution is -2.09. The van der Waals surface area contributed by atoms with Gasteiger partial charge in [-0.05, 0) is 25.5 Å². The average Bonchev–Trinajstić information content (AvgIpc) is 2.27. The fourth-order valence-corrected chi connectivity index (χ4v) is 1.47. The molecule has 1 rings (SSSR count). The summed E-state index contributed by atoms with van der Waals surface area (Å²) in [5.41, 5.74) is 0.529. The average molecular weight is 238 g/mol. The number of esters is 1. The summed E-state index contributed by atoms with van der Waals surface area (Å²) in [7, 11) is 0. The summed E-state index contributed by atoms with van der Waals surface area (Å²) in [6, 6.07) is 4.45. The van der Waals surface area contributed by atoms with Crippen LogP contribution >= 0.6 is 0 Å². The van der Waals surface area contributed by atoms with Crippen molar-refractivity contribution in [2.45, 2.75) is 19.8 Å². The van der Waals surface area contributed by atoms with Crippen molar-refractivity contribution < 1.29 is 24.5 Å². The molecule has 0 aliphatic rings. The molecule has 0 unspecified atom stereocenters. The second-order valence-electron chi connectivity index (χ2n) is 3.42. The molecule has 0 spiro atoms. The lowest BCUT2D eigenvalue weighted by Gasteiger charge is -2.09. The molecule has 2 N–H and O–H groups in total. The predicted octanol–water partition coefficient (Wildman–Crippen LogP) is 1.59. The van der Waals surface area contributed by atoms with E-state index in [2.05, 4.69) is 0 Å². The number of ether oxygens (including phenoxy) is 1. The van der Waals surface area contributed by atoms with Crippen LogP contribution in [0, 0.1) is 0 Å². The summed E-state index contributed by atoms with van der Waals surface area (Å²) in [4.78, 5) is 22.1. The Balaban J connectivity index is 2.99. The number of aliphatic carboxylic acids is 1. The Morgan fingerprint density at radius 2 is 2.06 bits per heavy atom. The number of phenolic OH excluding ortho intramolecular Hbond substituents is 1. The van der Waals surface area contributed by atoms with E-state index in [0.29, 0.717) is 5.56 Å². The van der Waals surface area contributed by atoms with Crippen LogP contribution in [0.3, 0.4) is 0 Å². The number of hydrogen-bond donors (Lipinski definition) is 2. The minimum Gasteiger partial charge on any atom is -0.508 e. The highest BCUT2D eigenvalue weighted by Crippen LogP contribution is 2.23. The highest BCUT2D eigenvalue weighted by molar-refractivity contribution is 5.92. The molecule has 92 valence electrons. The van der Waals surface area contributed by atoms with Crippen LogP contribution in [-0.4, -0.2) is 28.8 Å². The van der Waals surface area contributed by atoms with Gasteiger partial charge in [-0.3, -0.25) is 4.79 Å². The van der Waals surface area contributed by atoms with Crippen LogP contribution in [0.15, 0.2) is 18.2 Å². The van der Waals surface area contributed by atoms with Crippen molar-refractivity contribution in [2.24, 2.45) is 0 Å². The molecule has 17 heavy (non-hydrogen) atoms. The second kappa shape index (κ2) is 5.89. The monoisotopic (exact) mass is 238 g/mol. The van der Waals surface area contributed by atoms with Crippen molar-refractivity contribution in [3.8, 4) is 5.75 Å². The molecule has 5 nitrogen and oxygen atoms in total. The van der Waals surface area contributed by atoms with E-state index in [-0.39, 0.29) is 30.8 Å². The Labute approximate surface area is 98.6 Å². The van der Waals surface area contributed by atoms with Gasteiger partial charge in [0.2, 0.25) is 0 Å². The Hall–Kier alpha value is -2.04. The minimum absolute atomic E-state index is 0.0863. The van der Waals surface area contributed by atoms with Crippen LogP contribution in [0.4, 0.5) is 0 Å². The Bertz CT molecular complexity index is 425. The Morgan fingerprint density at radius 1 is 1.35 bits per heavy atom. The van der Waals surface area contributed by atoms with Gasteiger partial charge in [-0.1, -0.05) is 6.07 Å². The lowest BCUT2D eigenvalue weighted by molar-refractivity contribution is -0.136. The first-order valence-corrected chi connectivity index (χ1v) is 5.26. The highest BCUT2D eigenvalue weighted by Gasteiger charge is 2.16. The van der Waals surface area contributed by atoms with E-state index in [0.717, 1.165) is 0 Å². The number of carboxylic acid groups (broad SMARTS) is 1. The number of carbonyl (C=O) groups is 2. The zero-order valence-electron chi connectivity index (χ0n) is 9.47. The van der Waals surface area contributed by atoms with Gasteiger partial charge in [0, 0.05) is 12.0 Å². The van der Waals surface area contributed by atoms with Crippen molar-refractivity contribution in [3.05, 3.63) is 29.3 Å². The number of aromatic hydroxyl groups is 1. The van der Waals surface area contributed by atoms with Crippen LogP contribution in [0.1, 0.15) is 29.3 Å². The summed E-state index contributed by atoms with van der Waals surface area (Å²) in [6.07, 6.45) is -0.0554. The molecule has 0 saturated carbocycles. The fraction of sp³-hybridized carbons (Fsp3) is 0.333. The van der Waals surface area contributed by atoms with Gasteiger partial charge in [0.15, 0.2) is 0 Å². The molecular formula is C12H14O5. The maximum absolute atomic E-state index is 11.6. The van der Waals surface area contributed by atoms with Gasteiger partial charge in [-0.2, -0.15) is 0 Å². The number of hydrogen-bond acceptors (Lipinski definition) is 4. The maximum atomic E-state index is 11.6. The van der Waals surface area contributed by atoms with Gasteiger partial charge >= 0.3 is 11.9 Å². The molecule has 0 heterocycles. The number of carbonyl (C=O) groups excluding carboxylic acids is 1. The van der Waals surface area contributed by atoms with Gasteiger partial charge in [-0.25, -0.2) is 4.79 Å².